The van der Waals surface area contributed by atoms with Crippen molar-refractivity contribution < 1.29 is 29.1 Å². The minimum Gasteiger partial charge on any atom is -0.507 e. The summed E-state index contributed by atoms with van der Waals surface area (Å²) >= 11 is 0. The van der Waals surface area contributed by atoms with E-state index in [1.54, 1.807) is 6.07 Å². The molecule has 0 atom stereocenters. The topological polar surface area (TPSA) is 128 Å². The van der Waals surface area contributed by atoms with Gasteiger partial charge in [-0.05, 0) is 18.2 Å². The van der Waals surface area contributed by atoms with Crippen molar-refractivity contribution >= 4 is 23.3 Å². The van der Waals surface area contributed by atoms with Crippen LogP contribution in [-0.2, 0) is 9.53 Å². The van der Waals surface area contributed by atoms with Gasteiger partial charge in [-0.2, -0.15) is 0 Å². The maximum absolute atomic E-state index is 11.9. The van der Waals surface area contributed by atoms with E-state index in [0.717, 1.165) is 6.07 Å². The third-order valence-electron chi connectivity index (χ3n) is 3.13. The number of anilines is 1. The third-order valence-corrected chi connectivity index (χ3v) is 3.13. The molecular weight excluding hydrogens is 332 g/mol. The van der Waals surface area contributed by atoms with Crippen LogP contribution in [0.4, 0.5) is 11.4 Å². The van der Waals surface area contributed by atoms with Gasteiger partial charge in [0.2, 0.25) is 0 Å². The number of rotatable bonds is 6. The lowest BCUT2D eigenvalue weighted by Crippen LogP contribution is -2.21. The van der Waals surface area contributed by atoms with E-state index in [9.17, 15) is 24.8 Å². The van der Waals surface area contributed by atoms with Gasteiger partial charge in [0.1, 0.15) is 17.1 Å². The zero-order valence-electron chi connectivity index (χ0n) is 13.1. The van der Waals surface area contributed by atoms with Crippen LogP contribution in [0.5, 0.6) is 11.5 Å². The van der Waals surface area contributed by atoms with Gasteiger partial charge in [0.05, 0.1) is 23.8 Å². The Morgan fingerprint density at radius 2 is 1.96 bits per heavy atom. The van der Waals surface area contributed by atoms with Gasteiger partial charge in [-0.3, -0.25) is 14.9 Å². The van der Waals surface area contributed by atoms with E-state index in [0.29, 0.717) is 0 Å². The van der Waals surface area contributed by atoms with Gasteiger partial charge in [-0.1, -0.05) is 12.1 Å². The molecule has 25 heavy (non-hydrogen) atoms. The summed E-state index contributed by atoms with van der Waals surface area (Å²) < 4.78 is 9.81. The highest BCUT2D eigenvalue weighted by molar-refractivity contribution is 5.97. The molecule has 0 aliphatic heterocycles. The second-order valence-corrected chi connectivity index (χ2v) is 4.78. The lowest BCUT2D eigenvalue weighted by atomic mass is 10.2. The van der Waals surface area contributed by atoms with Crippen LogP contribution in [0.25, 0.3) is 0 Å². The summed E-state index contributed by atoms with van der Waals surface area (Å²) in [6, 6.07) is 9.42. The van der Waals surface area contributed by atoms with Crippen molar-refractivity contribution in [3.8, 4) is 11.5 Å². The smallest absolute Gasteiger partial charge is 0.342 e. The number of nitro benzene ring substituents is 1. The van der Waals surface area contributed by atoms with Crippen molar-refractivity contribution in [2.75, 3.05) is 19.0 Å². The van der Waals surface area contributed by atoms with E-state index in [2.05, 4.69) is 5.32 Å². The molecule has 0 saturated carbocycles. The number of non-ortho nitro benzene ring substituents is 1. The number of esters is 1. The second-order valence-electron chi connectivity index (χ2n) is 4.78. The first-order valence-electron chi connectivity index (χ1n) is 6.99. The molecule has 0 spiro atoms. The predicted octanol–water partition coefficient (Wildman–Crippen LogP) is 2.10. The summed E-state index contributed by atoms with van der Waals surface area (Å²) in [5, 5.41) is 22.7. The number of para-hydroxylation sites is 1. The lowest BCUT2D eigenvalue weighted by molar-refractivity contribution is -0.384. The van der Waals surface area contributed by atoms with Crippen molar-refractivity contribution in [2.24, 2.45) is 0 Å². The number of nitrogens with zero attached hydrogens (tertiary/aromatic N) is 1. The van der Waals surface area contributed by atoms with Crippen LogP contribution in [0.2, 0.25) is 0 Å². The van der Waals surface area contributed by atoms with E-state index >= 15 is 0 Å². The molecule has 2 aromatic rings. The Morgan fingerprint density at radius 1 is 1.24 bits per heavy atom. The number of aromatic hydroxyl groups is 1. The third kappa shape index (κ3) is 4.44. The van der Waals surface area contributed by atoms with Crippen molar-refractivity contribution in [1.29, 1.82) is 0 Å². The molecule has 1 amide bonds. The maximum Gasteiger partial charge on any atom is 0.342 e. The molecule has 0 saturated heterocycles. The fraction of sp³-hybridized carbons (Fsp3) is 0.125. The van der Waals surface area contributed by atoms with Crippen molar-refractivity contribution in [3.05, 3.63) is 58.1 Å². The average molecular weight is 346 g/mol. The highest BCUT2D eigenvalue weighted by atomic mass is 16.6. The van der Waals surface area contributed by atoms with Crippen LogP contribution < -0.4 is 10.1 Å². The van der Waals surface area contributed by atoms with Crippen LogP contribution in [0, 0.1) is 10.1 Å². The largest absolute Gasteiger partial charge is 0.507 e. The van der Waals surface area contributed by atoms with Crippen LogP contribution in [0.1, 0.15) is 10.4 Å². The number of amides is 1. The van der Waals surface area contributed by atoms with Crippen molar-refractivity contribution in [1.82, 2.24) is 0 Å². The summed E-state index contributed by atoms with van der Waals surface area (Å²) in [5.74, 6) is -1.70. The number of methoxy groups -OCH3 is 1. The number of ether oxygens (including phenoxy) is 2. The number of nitrogens with one attached hydrogen (secondary N) is 1. The molecule has 0 aromatic heterocycles. The number of hydrogen-bond acceptors (Lipinski definition) is 7. The molecule has 0 fully saturated rings. The molecule has 0 bridgehead atoms. The average Bonchev–Trinajstić information content (AvgIpc) is 2.60. The Kier molecular flexibility index (Phi) is 5.51. The number of phenolic OH excluding ortho intramolecular Hbond substituents is 1. The molecule has 2 rings (SSSR count). The molecule has 0 unspecified atom stereocenters. The van der Waals surface area contributed by atoms with E-state index in [1.165, 1.54) is 37.4 Å². The van der Waals surface area contributed by atoms with Crippen LogP contribution >= 0.6 is 0 Å². The fourth-order valence-electron chi connectivity index (χ4n) is 1.94. The Hall–Kier alpha value is -3.62. The molecule has 130 valence electrons. The number of phenols is 1. The SMILES string of the molecule is COc1cc([N+](=O)[O-])ccc1NC(=O)COC(=O)c1ccccc1O. The summed E-state index contributed by atoms with van der Waals surface area (Å²) in [6.45, 7) is -0.604. The number of benzene rings is 2. The minimum atomic E-state index is -0.857. The van der Waals surface area contributed by atoms with Gasteiger partial charge in [0.15, 0.2) is 6.61 Å². The van der Waals surface area contributed by atoms with Crippen LogP contribution in [0.15, 0.2) is 42.5 Å². The van der Waals surface area contributed by atoms with Crippen LogP contribution in [0.3, 0.4) is 0 Å². The number of carbonyl (C=O) groups excluding carboxylic acids is 2. The predicted molar refractivity (Wildman–Crippen MR) is 86.7 cm³/mol. The minimum absolute atomic E-state index is 0.0665. The number of nitro groups is 1. The Morgan fingerprint density at radius 3 is 2.60 bits per heavy atom. The van der Waals surface area contributed by atoms with E-state index in [-0.39, 0.29) is 28.4 Å². The van der Waals surface area contributed by atoms with Crippen LogP contribution in [-0.4, -0.2) is 35.6 Å². The molecule has 2 aromatic carbocycles. The lowest BCUT2D eigenvalue weighted by Gasteiger charge is -2.10. The van der Waals surface area contributed by atoms with Gasteiger partial charge in [0.25, 0.3) is 11.6 Å². The number of hydrogen-bond donors (Lipinski definition) is 2. The molecule has 9 heteroatoms. The first-order chi connectivity index (χ1) is 11.9. The second kappa shape index (κ2) is 7.77. The quantitative estimate of drug-likeness (QED) is 0.465. The van der Waals surface area contributed by atoms with Gasteiger partial charge in [-0.15, -0.1) is 0 Å². The first kappa shape index (κ1) is 17.7. The maximum atomic E-state index is 11.9. The van der Waals surface area contributed by atoms with Gasteiger partial charge in [-0.25, -0.2) is 4.79 Å². The van der Waals surface area contributed by atoms with Crippen molar-refractivity contribution in [3.63, 3.8) is 0 Å². The van der Waals surface area contributed by atoms with E-state index < -0.39 is 23.4 Å². The van der Waals surface area contributed by atoms with E-state index in [4.69, 9.17) is 9.47 Å². The highest BCUT2D eigenvalue weighted by Crippen LogP contribution is 2.28. The first-order valence-corrected chi connectivity index (χ1v) is 6.99. The summed E-state index contributed by atoms with van der Waals surface area (Å²) in [4.78, 5) is 33.8. The van der Waals surface area contributed by atoms with Gasteiger partial charge >= 0.3 is 5.97 Å². The summed E-state index contributed by atoms with van der Waals surface area (Å²) in [7, 11) is 1.30. The monoisotopic (exact) mass is 346 g/mol. The normalized spacial score (nSPS) is 9.96. The van der Waals surface area contributed by atoms with Gasteiger partial charge < -0.3 is 19.9 Å². The molecule has 9 nitrogen and oxygen atoms in total. The van der Waals surface area contributed by atoms with E-state index in [1.807, 2.05) is 0 Å². The molecular formula is C16H14N2O7. The number of carbonyl (C=O) groups is 2. The summed E-state index contributed by atoms with van der Waals surface area (Å²) in [5.41, 5.74) is -0.0687. The molecule has 0 aliphatic rings. The van der Waals surface area contributed by atoms with Gasteiger partial charge in [0, 0.05) is 6.07 Å². The van der Waals surface area contributed by atoms with Crippen molar-refractivity contribution in [2.45, 2.75) is 0 Å². The molecule has 0 aliphatic carbocycles. The molecule has 0 heterocycles. The fourth-order valence-corrected chi connectivity index (χ4v) is 1.94. The summed E-state index contributed by atoms with van der Waals surface area (Å²) in [6.07, 6.45) is 0. The Bertz CT molecular complexity index is 820. The molecule has 0 radical (unpaired) electrons. The Balaban J connectivity index is 2.00. The zero-order valence-corrected chi connectivity index (χ0v) is 13.1. The zero-order chi connectivity index (χ0) is 18.4. The highest BCUT2D eigenvalue weighted by Gasteiger charge is 2.16. The Labute approximate surface area is 141 Å². The standard InChI is InChI=1S/C16H14N2O7/c1-24-14-8-10(18(22)23)6-7-12(14)17-15(20)9-25-16(21)11-4-2-3-5-13(11)19/h2-8,19H,9H2,1H3,(H,17,20). The molecule has 2 N–H and O–H groups in total.